The van der Waals surface area contributed by atoms with Crippen LogP contribution < -0.4 is 5.32 Å². The molecule has 0 aliphatic rings. The molecule has 4 heteroatoms. The SMILES string of the molecule is Cn1cc(CC(CNC(C)(C)C)c2cccc(F)c2)cn1. The van der Waals surface area contributed by atoms with E-state index in [1.807, 2.05) is 25.5 Å². The van der Waals surface area contributed by atoms with Crippen molar-refractivity contribution in [1.82, 2.24) is 15.1 Å². The summed E-state index contributed by atoms with van der Waals surface area (Å²) in [6, 6.07) is 6.89. The van der Waals surface area contributed by atoms with Gasteiger partial charge in [-0.1, -0.05) is 12.1 Å². The Morgan fingerprint density at radius 1 is 1.33 bits per heavy atom. The molecular weight excluding hydrogens is 265 g/mol. The van der Waals surface area contributed by atoms with Crippen LogP contribution in [-0.4, -0.2) is 21.9 Å². The van der Waals surface area contributed by atoms with Gasteiger partial charge in [0, 0.05) is 31.2 Å². The van der Waals surface area contributed by atoms with Crippen molar-refractivity contribution in [3.05, 3.63) is 53.6 Å². The summed E-state index contributed by atoms with van der Waals surface area (Å²) >= 11 is 0. The van der Waals surface area contributed by atoms with Crippen LogP contribution in [-0.2, 0) is 13.5 Å². The van der Waals surface area contributed by atoms with Crippen LogP contribution in [0.25, 0.3) is 0 Å². The molecule has 114 valence electrons. The molecule has 2 rings (SSSR count). The van der Waals surface area contributed by atoms with Gasteiger partial charge in [0.05, 0.1) is 6.20 Å². The van der Waals surface area contributed by atoms with Crippen LogP contribution in [0.4, 0.5) is 4.39 Å². The van der Waals surface area contributed by atoms with Gasteiger partial charge in [-0.05, 0) is 50.5 Å². The lowest BCUT2D eigenvalue weighted by Crippen LogP contribution is -2.39. The van der Waals surface area contributed by atoms with E-state index >= 15 is 0 Å². The van der Waals surface area contributed by atoms with Crippen molar-refractivity contribution < 1.29 is 4.39 Å². The summed E-state index contributed by atoms with van der Waals surface area (Å²) < 4.78 is 15.3. The summed E-state index contributed by atoms with van der Waals surface area (Å²) in [5.41, 5.74) is 2.23. The number of aryl methyl sites for hydroxylation is 1. The predicted octanol–water partition coefficient (Wildman–Crippen LogP) is 3.27. The fraction of sp³-hybridized carbons (Fsp3) is 0.471. The normalized spacial score (nSPS) is 13.4. The maximum atomic E-state index is 13.5. The first-order chi connectivity index (χ1) is 9.83. The Labute approximate surface area is 126 Å². The minimum atomic E-state index is -0.181. The van der Waals surface area contributed by atoms with Gasteiger partial charge in [0.2, 0.25) is 0 Å². The Bertz CT molecular complexity index is 584. The lowest BCUT2D eigenvalue weighted by atomic mass is 9.92. The molecule has 0 fully saturated rings. The standard InChI is InChI=1S/C17H24FN3/c1-17(2,3)19-11-15(8-13-10-20-21(4)12-13)14-6-5-7-16(18)9-14/h5-7,9-10,12,15,19H,8,11H2,1-4H3. The van der Waals surface area contributed by atoms with Crippen LogP contribution in [0.2, 0.25) is 0 Å². The number of hydrogen-bond acceptors (Lipinski definition) is 2. The van der Waals surface area contributed by atoms with Gasteiger partial charge in [0.1, 0.15) is 5.82 Å². The molecule has 0 radical (unpaired) electrons. The number of nitrogens with zero attached hydrogens (tertiary/aromatic N) is 2. The molecule has 1 heterocycles. The van der Waals surface area contributed by atoms with Crippen molar-refractivity contribution in [2.24, 2.45) is 7.05 Å². The summed E-state index contributed by atoms with van der Waals surface area (Å²) in [7, 11) is 1.91. The molecule has 1 unspecified atom stereocenters. The molecule has 1 N–H and O–H groups in total. The average molecular weight is 289 g/mol. The van der Waals surface area contributed by atoms with Gasteiger partial charge in [-0.2, -0.15) is 5.10 Å². The maximum Gasteiger partial charge on any atom is 0.123 e. The molecule has 0 amide bonds. The highest BCUT2D eigenvalue weighted by atomic mass is 19.1. The number of aromatic nitrogens is 2. The molecule has 0 saturated heterocycles. The molecule has 1 atom stereocenters. The predicted molar refractivity (Wildman–Crippen MR) is 83.8 cm³/mol. The monoisotopic (exact) mass is 289 g/mol. The number of nitrogens with one attached hydrogen (secondary N) is 1. The molecule has 0 aliphatic heterocycles. The Morgan fingerprint density at radius 3 is 2.67 bits per heavy atom. The Hall–Kier alpha value is -1.68. The maximum absolute atomic E-state index is 13.5. The largest absolute Gasteiger partial charge is 0.311 e. The molecule has 21 heavy (non-hydrogen) atoms. The molecule has 3 nitrogen and oxygen atoms in total. The highest BCUT2D eigenvalue weighted by Crippen LogP contribution is 2.22. The number of hydrogen-bond donors (Lipinski definition) is 1. The zero-order chi connectivity index (χ0) is 15.5. The Morgan fingerprint density at radius 2 is 2.10 bits per heavy atom. The first-order valence-corrected chi connectivity index (χ1v) is 7.31. The first-order valence-electron chi connectivity index (χ1n) is 7.31. The lowest BCUT2D eigenvalue weighted by molar-refractivity contribution is 0.404. The van der Waals surface area contributed by atoms with E-state index < -0.39 is 0 Å². The third-order valence-electron chi connectivity index (χ3n) is 3.44. The summed E-state index contributed by atoms with van der Waals surface area (Å²) in [6.45, 7) is 7.22. The fourth-order valence-electron chi connectivity index (χ4n) is 2.36. The van der Waals surface area contributed by atoms with Gasteiger partial charge in [-0.15, -0.1) is 0 Å². The van der Waals surface area contributed by atoms with Crippen molar-refractivity contribution in [1.29, 1.82) is 0 Å². The zero-order valence-corrected chi connectivity index (χ0v) is 13.2. The van der Waals surface area contributed by atoms with Gasteiger partial charge in [-0.3, -0.25) is 4.68 Å². The number of rotatable bonds is 5. The van der Waals surface area contributed by atoms with E-state index in [4.69, 9.17) is 0 Å². The van der Waals surface area contributed by atoms with E-state index in [1.165, 1.54) is 11.6 Å². The number of halogens is 1. The molecular formula is C17H24FN3. The van der Waals surface area contributed by atoms with Gasteiger partial charge >= 0.3 is 0 Å². The molecule has 1 aromatic heterocycles. The average Bonchev–Trinajstić information content (AvgIpc) is 2.79. The molecule has 0 aliphatic carbocycles. The third-order valence-corrected chi connectivity index (χ3v) is 3.44. The quantitative estimate of drug-likeness (QED) is 0.915. The second-order valence-electron chi connectivity index (χ2n) is 6.61. The second kappa shape index (κ2) is 6.39. The second-order valence-corrected chi connectivity index (χ2v) is 6.61. The van der Waals surface area contributed by atoms with Crippen molar-refractivity contribution in [2.75, 3.05) is 6.54 Å². The van der Waals surface area contributed by atoms with Crippen LogP contribution in [0, 0.1) is 5.82 Å². The van der Waals surface area contributed by atoms with Gasteiger partial charge in [-0.25, -0.2) is 4.39 Å². The highest BCUT2D eigenvalue weighted by Gasteiger charge is 2.17. The van der Waals surface area contributed by atoms with Crippen LogP contribution in [0.15, 0.2) is 36.7 Å². The van der Waals surface area contributed by atoms with Gasteiger partial charge in [0.15, 0.2) is 0 Å². The van der Waals surface area contributed by atoms with Crippen LogP contribution in [0.1, 0.15) is 37.8 Å². The summed E-state index contributed by atoms with van der Waals surface area (Å²) in [6.07, 6.45) is 4.74. The topological polar surface area (TPSA) is 29.9 Å². The smallest absolute Gasteiger partial charge is 0.123 e. The fourth-order valence-corrected chi connectivity index (χ4v) is 2.36. The molecule has 1 aromatic carbocycles. The van der Waals surface area contributed by atoms with E-state index in [0.717, 1.165) is 18.5 Å². The summed E-state index contributed by atoms with van der Waals surface area (Å²) in [5, 5.41) is 7.73. The zero-order valence-electron chi connectivity index (χ0n) is 13.2. The molecule has 0 spiro atoms. The lowest BCUT2D eigenvalue weighted by Gasteiger charge is -2.25. The first kappa shape index (κ1) is 15.7. The summed E-state index contributed by atoms with van der Waals surface area (Å²) in [5.74, 6) is 0.0450. The third kappa shape index (κ3) is 4.97. The van der Waals surface area contributed by atoms with E-state index in [-0.39, 0.29) is 17.3 Å². The van der Waals surface area contributed by atoms with Crippen LogP contribution in [0.3, 0.4) is 0 Å². The van der Waals surface area contributed by atoms with Crippen molar-refractivity contribution in [3.63, 3.8) is 0 Å². The van der Waals surface area contributed by atoms with E-state index in [0.29, 0.717) is 0 Å². The minimum absolute atomic E-state index is 0.0422. The van der Waals surface area contributed by atoms with Crippen LogP contribution in [0.5, 0.6) is 0 Å². The van der Waals surface area contributed by atoms with Gasteiger partial charge in [0.25, 0.3) is 0 Å². The Kier molecular flexibility index (Phi) is 4.78. The minimum Gasteiger partial charge on any atom is -0.311 e. The van der Waals surface area contributed by atoms with Crippen molar-refractivity contribution in [3.8, 4) is 0 Å². The van der Waals surface area contributed by atoms with E-state index in [1.54, 1.807) is 16.8 Å². The highest BCUT2D eigenvalue weighted by molar-refractivity contribution is 5.24. The van der Waals surface area contributed by atoms with E-state index in [2.05, 4.69) is 31.2 Å². The van der Waals surface area contributed by atoms with E-state index in [9.17, 15) is 4.39 Å². The van der Waals surface area contributed by atoms with Crippen molar-refractivity contribution in [2.45, 2.75) is 38.6 Å². The Balaban J connectivity index is 2.17. The molecule has 2 aromatic rings. The summed E-state index contributed by atoms with van der Waals surface area (Å²) in [4.78, 5) is 0. The molecule has 0 saturated carbocycles. The van der Waals surface area contributed by atoms with Crippen molar-refractivity contribution >= 4 is 0 Å². The molecule has 0 bridgehead atoms. The van der Waals surface area contributed by atoms with Gasteiger partial charge < -0.3 is 5.32 Å². The number of benzene rings is 1. The van der Waals surface area contributed by atoms with Crippen LogP contribution >= 0.6 is 0 Å².